The Bertz CT molecular complexity index is 777. The zero-order valence-electron chi connectivity index (χ0n) is 12.5. The van der Waals surface area contributed by atoms with Crippen molar-refractivity contribution >= 4 is 19.0 Å². The third-order valence-corrected chi connectivity index (χ3v) is 4.08. The molecule has 0 saturated heterocycles. The summed E-state index contributed by atoms with van der Waals surface area (Å²) in [6, 6.07) is 10.2. The smallest absolute Gasteiger partial charge is 0.200 e. The Balaban J connectivity index is 0.00000156. The molecular weight excluding hydrogens is 285 g/mol. The first-order valence-corrected chi connectivity index (χ1v) is 7.42. The van der Waals surface area contributed by atoms with Gasteiger partial charge in [0.2, 0.25) is 5.88 Å². The summed E-state index contributed by atoms with van der Waals surface area (Å²) in [6.45, 7) is 2.19. The van der Waals surface area contributed by atoms with E-state index in [1.807, 2.05) is 25.2 Å². The number of aromatic nitrogens is 2. The maximum atomic E-state index is 6.23. The molecule has 0 N–H and O–H groups in total. The summed E-state index contributed by atoms with van der Waals surface area (Å²) in [5, 5.41) is 0. The highest BCUT2D eigenvalue weighted by Gasteiger charge is 2.26. The Hall–Kier alpha value is -2.43. The largest absolute Gasteiger partial charge is 0.477 e. The molecule has 5 heteroatoms. The predicted octanol–water partition coefficient (Wildman–Crippen LogP) is 2.18. The number of imidazole rings is 1. The summed E-state index contributed by atoms with van der Waals surface area (Å²) < 4.78 is 8.11. The molecule has 0 spiro atoms. The lowest BCUT2D eigenvalue weighted by molar-refractivity contribution is 0.132. The van der Waals surface area contributed by atoms with Crippen molar-refractivity contribution in [1.29, 1.82) is 0 Å². The fraction of sp³-hybridized carbons (Fsp3) is 0.278. The van der Waals surface area contributed by atoms with Gasteiger partial charge in [0.15, 0.2) is 0 Å². The molecule has 116 valence electrons. The lowest BCUT2D eigenvalue weighted by Crippen LogP contribution is -2.23. The van der Waals surface area contributed by atoms with Crippen LogP contribution in [-0.4, -0.2) is 42.5 Å². The first-order valence-electron chi connectivity index (χ1n) is 7.42. The van der Waals surface area contributed by atoms with Gasteiger partial charge in [0, 0.05) is 19.2 Å². The van der Waals surface area contributed by atoms with E-state index < -0.39 is 0 Å². The molecule has 23 heavy (non-hydrogen) atoms. The van der Waals surface area contributed by atoms with E-state index in [0.29, 0.717) is 12.2 Å². The third kappa shape index (κ3) is 2.46. The minimum Gasteiger partial charge on any atom is -0.477 e. The molecule has 1 aromatic heterocycles. The van der Waals surface area contributed by atoms with Crippen LogP contribution >= 0.6 is 0 Å². The van der Waals surface area contributed by atoms with Crippen LogP contribution in [0.25, 0.3) is 16.8 Å². The van der Waals surface area contributed by atoms with E-state index in [0.717, 1.165) is 41.6 Å². The zero-order chi connectivity index (χ0) is 15.1. The summed E-state index contributed by atoms with van der Waals surface area (Å²) in [6.07, 6.45) is 4.19. The van der Waals surface area contributed by atoms with Crippen molar-refractivity contribution in [3.05, 3.63) is 54.2 Å². The van der Waals surface area contributed by atoms with Gasteiger partial charge in [-0.2, -0.15) is 0 Å². The lowest BCUT2D eigenvalue weighted by Gasteiger charge is -2.24. The van der Waals surface area contributed by atoms with Crippen LogP contribution < -0.4 is 5.59 Å². The first kappa shape index (κ1) is 15.5. The summed E-state index contributed by atoms with van der Waals surface area (Å²) in [7, 11) is 8.25. The monoisotopic (exact) mass is 305 g/mol. The van der Waals surface area contributed by atoms with Gasteiger partial charge in [-0.15, -0.1) is 0 Å². The van der Waals surface area contributed by atoms with Crippen LogP contribution in [0.1, 0.15) is 13.3 Å². The fourth-order valence-corrected chi connectivity index (χ4v) is 3.07. The molecule has 0 aliphatic carbocycles. The number of allylic oxidation sites excluding steroid dienone is 2. The lowest BCUT2D eigenvalue weighted by atomic mass is 9.98. The van der Waals surface area contributed by atoms with Crippen molar-refractivity contribution in [2.45, 2.75) is 14.0 Å². The van der Waals surface area contributed by atoms with Gasteiger partial charge >= 0.3 is 0 Å². The van der Waals surface area contributed by atoms with Crippen LogP contribution in [0.3, 0.4) is 0 Å². The van der Waals surface area contributed by atoms with E-state index in [1.54, 1.807) is 0 Å². The van der Waals surface area contributed by atoms with Gasteiger partial charge in [0.25, 0.3) is 0 Å². The van der Waals surface area contributed by atoms with E-state index in [-0.39, 0.29) is 7.43 Å². The van der Waals surface area contributed by atoms with E-state index in [1.165, 1.54) is 0 Å². The fourth-order valence-electron chi connectivity index (χ4n) is 3.07. The summed E-state index contributed by atoms with van der Waals surface area (Å²) in [4.78, 5) is 6.73. The highest BCUT2D eigenvalue weighted by molar-refractivity contribution is 6.34. The second-order valence-electron chi connectivity index (χ2n) is 5.54. The van der Waals surface area contributed by atoms with Crippen LogP contribution in [0, 0.1) is 0 Å². The van der Waals surface area contributed by atoms with Crippen molar-refractivity contribution in [3.8, 4) is 11.3 Å². The summed E-state index contributed by atoms with van der Waals surface area (Å²) in [5.41, 5.74) is 3.61. The van der Waals surface area contributed by atoms with Crippen molar-refractivity contribution in [1.82, 2.24) is 14.5 Å². The van der Waals surface area contributed by atoms with Gasteiger partial charge in [0.05, 0.1) is 17.8 Å². The summed E-state index contributed by atoms with van der Waals surface area (Å²) >= 11 is 0. The minimum atomic E-state index is 0. The van der Waals surface area contributed by atoms with Crippen LogP contribution in [0.4, 0.5) is 0 Å². The van der Waals surface area contributed by atoms with E-state index in [9.17, 15) is 0 Å². The molecule has 0 bridgehead atoms. The van der Waals surface area contributed by atoms with E-state index in [2.05, 4.69) is 38.7 Å². The Labute approximate surface area is 138 Å². The molecule has 3 heterocycles. The summed E-state index contributed by atoms with van der Waals surface area (Å²) in [5.74, 6) is 1.76. The molecule has 4 nitrogen and oxygen atoms in total. The van der Waals surface area contributed by atoms with Crippen molar-refractivity contribution < 1.29 is 4.74 Å². The maximum Gasteiger partial charge on any atom is 0.200 e. The molecule has 0 amide bonds. The molecule has 2 aliphatic rings. The third-order valence-electron chi connectivity index (χ3n) is 4.08. The predicted molar refractivity (Wildman–Crippen MR) is 94.4 cm³/mol. The first-order chi connectivity index (χ1) is 10.8. The molecule has 0 saturated carbocycles. The quantitative estimate of drug-likeness (QED) is 0.757. The number of ether oxygens (including phenoxy) is 1. The molecule has 2 aromatic rings. The Morgan fingerprint density at radius 1 is 1.22 bits per heavy atom. The van der Waals surface area contributed by atoms with Gasteiger partial charge in [-0.25, -0.2) is 4.98 Å². The highest BCUT2D eigenvalue weighted by atomic mass is 16.5. The Morgan fingerprint density at radius 2 is 2.00 bits per heavy atom. The minimum absolute atomic E-state index is 0. The van der Waals surface area contributed by atoms with Crippen molar-refractivity contribution in [2.75, 3.05) is 20.2 Å². The van der Waals surface area contributed by atoms with Crippen LogP contribution in [0.2, 0.25) is 0 Å². The number of benzene rings is 1. The zero-order valence-corrected chi connectivity index (χ0v) is 12.5. The van der Waals surface area contributed by atoms with Gasteiger partial charge < -0.3 is 14.2 Å². The Morgan fingerprint density at radius 3 is 2.78 bits per heavy atom. The number of hydrogen-bond acceptors (Lipinski definition) is 3. The number of hydrogen-bond donors (Lipinski definition) is 0. The normalized spacial score (nSPS) is 16.1. The Kier molecular flexibility index (Phi) is 4.03. The molecule has 0 unspecified atom stereocenters. The van der Waals surface area contributed by atoms with Gasteiger partial charge in [0.1, 0.15) is 20.3 Å². The number of rotatable bonds is 1. The molecule has 2 radical (unpaired) electrons. The topological polar surface area (TPSA) is 30.3 Å². The second-order valence-corrected chi connectivity index (χ2v) is 5.54. The molecule has 0 atom stereocenters. The highest BCUT2D eigenvalue weighted by Crippen LogP contribution is 2.30. The molecular formula is C18H20BN3O. The van der Waals surface area contributed by atoms with E-state index in [4.69, 9.17) is 12.6 Å². The average Bonchev–Trinajstić information content (AvgIpc) is 2.75. The number of likely N-dealkylation sites (N-methyl/N-ethyl adjacent to an activating group) is 1. The SMILES string of the molecule is C.[B]c1nc2n(c1-c1ccccc1)CCOC1=C2C=CCN1C. The van der Waals surface area contributed by atoms with Crippen LogP contribution in [0.15, 0.2) is 48.4 Å². The average molecular weight is 305 g/mol. The van der Waals surface area contributed by atoms with Crippen molar-refractivity contribution in [3.63, 3.8) is 0 Å². The molecule has 2 aliphatic heterocycles. The van der Waals surface area contributed by atoms with Gasteiger partial charge in [-0.05, 0) is 11.6 Å². The standard InChI is InChI=1S/C17H16BN3O.CH4/c1-20-9-5-8-13-16-19-15(18)14(12-6-3-2-4-7-12)21(16)10-11-22-17(13)20;/h2-8H,9-11H2,1H3;1H4. The van der Waals surface area contributed by atoms with E-state index >= 15 is 0 Å². The van der Waals surface area contributed by atoms with Crippen molar-refractivity contribution in [2.24, 2.45) is 0 Å². The van der Waals surface area contributed by atoms with Gasteiger partial charge in [-0.3, -0.25) is 0 Å². The number of fused-ring (bicyclic) bond motifs is 2. The maximum absolute atomic E-state index is 6.23. The number of nitrogens with zero attached hydrogens (tertiary/aromatic N) is 3. The van der Waals surface area contributed by atoms with Gasteiger partial charge in [-0.1, -0.05) is 43.8 Å². The van der Waals surface area contributed by atoms with Crippen LogP contribution in [-0.2, 0) is 11.3 Å². The molecule has 4 rings (SSSR count). The van der Waals surface area contributed by atoms with Crippen LogP contribution in [0.5, 0.6) is 0 Å². The second kappa shape index (κ2) is 5.99. The molecule has 0 fully saturated rings. The molecule has 1 aromatic carbocycles.